The van der Waals surface area contributed by atoms with Crippen LogP contribution in [-0.2, 0) is 9.53 Å². The Bertz CT molecular complexity index is 248. The summed E-state index contributed by atoms with van der Waals surface area (Å²) in [4.78, 5) is 15.6. The smallest absolute Gasteiger partial charge is 0.223 e. The predicted octanol–water partition coefficient (Wildman–Crippen LogP) is -0.0988. The fourth-order valence-corrected chi connectivity index (χ4v) is 2.26. The molecular formula is C12H25N3O2. The highest BCUT2D eigenvalue weighted by atomic mass is 16.5. The van der Waals surface area contributed by atoms with E-state index in [-0.39, 0.29) is 24.2 Å². The number of nitrogens with two attached hydrogens (primary N) is 1. The molecule has 100 valence electrons. The number of morpholine rings is 1. The van der Waals surface area contributed by atoms with Crippen LogP contribution in [0.2, 0.25) is 0 Å². The monoisotopic (exact) mass is 243 g/mol. The van der Waals surface area contributed by atoms with Crippen molar-refractivity contribution in [2.45, 2.75) is 38.5 Å². The van der Waals surface area contributed by atoms with E-state index in [9.17, 15) is 4.79 Å². The molecule has 0 spiro atoms. The minimum Gasteiger partial charge on any atom is -0.373 e. The lowest BCUT2D eigenvalue weighted by Crippen LogP contribution is -2.53. The van der Waals surface area contributed by atoms with Gasteiger partial charge in [0.25, 0.3) is 0 Å². The molecule has 0 aliphatic carbocycles. The highest BCUT2D eigenvalue weighted by molar-refractivity contribution is 5.76. The molecule has 5 heteroatoms. The Morgan fingerprint density at radius 3 is 2.35 bits per heavy atom. The first-order valence-electron chi connectivity index (χ1n) is 6.23. The van der Waals surface area contributed by atoms with Gasteiger partial charge in [-0.1, -0.05) is 0 Å². The van der Waals surface area contributed by atoms with E-state index in [4.69, 9.17) is 10.5 Å². The lowest BCUT2D eigenvalue weighted by molar-refractivity contribution is -0.131. The first-order chi connectivity index (χ1) is 7.93. The molecule has 0 aromatic carbocycles. The van der Waals surface area contributed by atoms with Gasteiger partial charge in [-0.3, -0.25) is 9.69 Å². The number of rotatable bonds is 4. The lowest BCUT2D eigenvalue weighted by atomic mass is 10.1. The summed E-state index contributed by atoms with van der Waals surface area (Å²) in [5, 5.41) is 0. The largest absolute Gasteiger partial charge is 0.373 e. The third-order valence-corrected chi connectivity index (χ3v) is 3.15. The molecule has 1 saturated heterocycles. The van der Waals surface area contributed by atoms with E-state index in [1.165, 1.54) is 0 Å². The summed E-state index contributed by atoms with van der Waals surface area (Å²) in [6.07, 6.45) is 0.910. The second-order valence-electron chi connectivity index (χ2n) is 5.09. The SMILES string of the molecule is CC1CN(C(CN)CC(=O)N(C)C)CC(C)O1. The topological polar surface area (TPSA) is 58.8 Å². The fourth-order valence-electron chi connectivity index (χ4n) is 2.26. The molecule has 1 fully saturated rings. The summed E-state index contributed by atoms with van der Waals surface area (Å²) in [6, 6.07) is 0.124. The summed E-state index contributed by atoms with van der Waals surface area (Å²) in [5.41, 5.74) is 5.79. The Hall–Kier alpha value is -0.650. The molecule has 1 amide bonds. The maximum atomic E-state index is 11.7. The number of ether oxygens (including phenoxy) is 1. The second-order valence-corrected chi connectivity index (χ2v) is 5.09. The summed E-state index contributed by atoms with van der Waals surface area (Å²) in [5.74, 6) is 0.132. The number of amides is 1. The molecule has 17 heavy (non-hydrogen) atoms. The Morgan fingerprint density at radius 2 is 1.94 bits per heavy atom. The fraction of sp³-hybridized carbons (Fsp3) is 0.917. The van der Waals surface area contributed by atoms with Gasteiger partial charge in [-0.15, -0.1) is 0 Å². The number of nitrogens with zero attached hydrogens (tertiary/aromatic N) is 2. The minimum absolute atomic E-state index is 0.124. The first kappa shape index (κ1) is 14.4. The third-order valence-electron chi connectivity index (χ3n) is 3.15. The van der Waals surface area contributed by atoms with Crippen LogP contribution < -0.4 is 5.73 Å². The van der Waals surface area contributed by atoms with Crippen LogP contribution in [0, 0.1) is 0 Å². The number of carbonyl (C=O) groups is 1. The molecule has 0 saturated carbocycles. The number of hydrogen-bond acceptors (Lipinski definition) is 4. The van der Waals surface area contributed by atoms with Crippen LogP contribution >= 0.6 is 0 Å². The zero-order chi connectivity index (χ0) is 13.0. The van der Waals surface area contributed by atoms with Crippen molar-refractivity contribution in [2.24, 2.45) is 5.73 Å². The van der Waals surface area contributed by atoms with E-state index < -0.39 is 0 Å². The Balaban J connectivity index is 2.57. The molecule has 0 bridgehead atoms. The number of carbonyl (C=O) groups excluding carboxylic acids is 1. The molecular weight excluding hydrogens is 218 g/mol. The zero-order valence-corrected chi connectivity index (χ0v) is 11.3. The van der Waals surface area contributed by atoms with Gasteiger partial charge in [0, 0.05) is 46.2 Å². The van der Waals surface area contributed by atoms with Crippen LogP contribution in [0.15, 0.2) is 0 Å². The number of hydrogen-bond donors (Lipinski definition) is 1. The maximum Gasteiger partial charge on any atom is 0.223 e. The molecule has 1 heterocycles. The first-order valence-corrected chi connectivity index (χ1v) is 6.23. The maximum absolute atomic E-state index is 11.7. The van der Waals surface area contributed by atoms with Gasteiger partial charge in [-0.05, 0) is 13.8 Å². The van der Waals surface area contributed by atoms with E-state index in [2.05, 4.69) is 18.7 Å². The van der Waals surface area contributed by atoms with Crippen LogP contribution in [0.5, 0.6) is 0 Å². The molecule has 5 nitrogen and oxygen atoms in total. The molecule has 1 aliphatic rings. The highest BCUT2D eigenvalue weighted by Gasteiger charge is 2.28. The van der Waals surface area contributed by atoms with E-state index in [0.717, 1.165) is 13.1 Å². The quantitative estimate of drug-likeness (QED) is 0.749. The van der Waals surface area contributed by atoms with Crippen LogP contribution in [0.25, 0.3) is 0 Å². The van der Waals surface area contributed by atoms with E-state index in [1.54, 1.807) is 19.0 Å². The molecule has 3 unspecified atom stereocenters. The van der Waals surface area contributed by atoms with Gasteiger partial charge in [0.1, 0.15) is 0 Å². The summed E-state index contributed by atoms with van der Waals surface area (Å²) < 4.78 is 5.69. The minimum atomic E-state index is 0.124. The van der Waals surface area contributed by atoms with Gasteiger partial charge in [-0.2, -0.15) is 0 Å². The Morgan fingerprint density at radius 1 is 1.41 bits per heavy atom. The molecule has 1 aliphatic heterocycles. The second kappa shape index (κ2) is 6.33. The molecule has 0 aromatic rings. The summed E-state index contributed by atoms with van der Waals surface area (Å²) >= 11 is 0. The van der Waals surface area contributed by atoms with Gasteiger partial charge < -0.3 is 15.4 Å². The van der Waals surface area contributed by atoms with Gasteiger partial charge in [0.15, 0.2) is 0 Å². The van der Waals surface area contributed by atoms with Crippen LogP contribution in [0.1, 0.15) is 20.3 Å². The van der Waals surface area contributed by atoms with Crippen molar-refractivity contribution in [3.8, 4) is 0 Å². The van der Waals surface area contributed by atoms with Crippen LogP contribution in [0.4, 0.5) is 0 Å². The van der Waals surface area contributed by atoms with Crippen molar-refractivity contribution in [3.05, 3.63) is 0 Å². The van der Waals surface area contributed by atoms with Crippen LogP contribution in [0.3, 0.4) is 0 Å². The van der Waals surface area contributed by atoms with E-state index in [1.807, 2.05) is 0 Å². The van der Waals surface area contributed by atoms with Crippen molar-refractivity contribution in [1.82, 2.24) is 9.80 Å². The molecule has 3 atom stereocenters. The summed E-state index contributed by atoms with van der Waals surface area (Å²) in [6.45, 7) is 6.34. The average molecular weight is 243 g/mol. The van der Waals surface area contributed by atoms with Gasteiger partial charge in [0.2, 0.25) is 5.91 Å². The standard InChI is InChI=1S/C12H25N3O2/c1-9-7-15(8-10(2)17-9)11(6-13)5-12(16)14(3)4/h9-11H,5-8,13H2,1-4H3. The van der Waals surface area contributed by atoms with Crippen molar-refractivity contribution in [3.63, 3.8) is 0 Å². The molecule has 0 aromatic heterocycles. The predicted molar refractivity (Wildman–Crippen MR) is 67.7 cm³/mol. The van der Waals surface area contributed by atoms with Crippen molar-refractivity contribution in [1.29, 1.82) is 0 Å². The van der Waals surface area contributed by atoms with E-state index in [0.29, 0.717) is 13.0 Å². The van der Waals surface area contributed by atoms with Gasteiger partial charge in [-0.25, -0.2) is 0 Å². The summed E-state index contributed by atoms with van der Waals surface area (Å²) in [7, 11) is 3.56. The van der Waals surface area contributed by atoms with Crippen molar-refractivity contribution >= 4 is 5.91 Å². The molecule has 0 radical (unpaired) electrons. The average Bonchev–Trinajstić information content (AvgIpc) is 2.23. The van der Waals surface area contributed by atoms with Crippen molar-refractivity contribution < 1.29 is 9.53 Å². The van der Waals surface area contributed by atoms with Gasteiger partial charge >= 0.3 is 0 Å². The third kappa shape index (κ3) is 4.26. The van der Waals surface area contributed by atoms with Crippen LogP contribution in [-0.4, -0.2) is 67.7 Å². The molecule has 1 rings (SSSR count). The van der Waals surface area contributed by atoms with Gasteiger partial charge in [0.05, 0.1) is 12.2 Å². The Labute approximate surface area is 104 Å². The zero-order valence-electron chi connectivity index (χ0n) is 11.3. The van der Waals surface area contributed by atoms with E-state index >= 15 is 0 Å². The Kier molecular flexibility index (Phi) is 5.36. The normalized spacial score (nSPS) is 27.8. The molecule has 2 N–H and O–H groups in total. The van der Waals surface area contributed by atoms with Crippen molar-refractivity contribution in [2.75, 3.05) is 33.7 Å². The lowest BCUT2D eigenvalue weighted by Gasteiger charge is -2.39. The highest BCUT2D eigenvalue weighted by Crippen LogP contribution is 2.15.